The molecule has 1 N–H and O–H groups in total. The smallest absolute Gasteiger partial charge is 0.308 e. The van der Waals surface area contributed by atoms with Gasteiger partial charge in [-0.05, 0) is 88.4 Å². The largest absolute Gasteiger partial charge is 0.426 e. The van der Waals surface area contributed by atoms with Crippen LogP contribution in [0.1, 0.15) is 69.7 Å². The second kappa shape index (κ2) is 8.17. The number of hydrogen-bond acceptors (Lipinski definition) is 5. The lowest BCUT2D eigenvalue weighted by Crippen LogP contribution is -2.34. The summed E-state index contributed by atoms with van der Waals surface area (Å²) >= 11 is 0.872. The minimum Gasteiger partial charge on any atom is -0.426 e. The van der Waals surface area contributed by atoms with Crippen molar-refractivity contribution in [2.45, 2.75) is 65.2 Å². The van der Waals surface area contributed by atoms with E-state index in [0.717, 1.165) is 46.9 Å². The third kappa shape index (κ3) is 4.36. The number of thioether (sulfide) groups is 1. The van der Waals surface area contributed by atoms with Crippen LogP contribution in [0.15, 0.2) is 35.2 Å². The van der Waals surface area contributed by atoms with Crippen LogP contribution in [-0.2, 0) is 20.4 Å². The number of nitrogens with one attached hydrogen (secondary N) is 1. The number of benzene rings is 2. The fourth-order valence-corrected chi connectivity index (χ4v) is 5.42. The van der Waals surface area contributed by atoms with Crippen molar-refractivity contribution in [1.82, 2.24) is 5.32 Å². The van der Waals surface area contributed by atoms with E-state index < -0.39 is 17.1 Å². The first-order chi connectivity index (χ1) is 15.4. The highest BCUT2D eigenvalue weighted by atomic mass is 32.2. The Hall–Kier alpha value is -2.86. The fourth-order valence-electron chi connectivity index (χ4n) is 4.75. The maximum Gasteiger partial charge on any atom is 0.308 e. The zero-order valence-electron chi connectivity index (χ0n) is 19.9. The van der Waals surface area contributed by atoms with Crippen molar-refractivity contribution in [3.63, 3.8) is 0 Å². The third-order valence-electron chi connectivity index (χ3n) is 6.71. The molecule has 2 aromatic rings. The molecular weight excluding hydrogens is 434 g/mol. The fraction of sp³-hybridized carbons (Fsp3) is 0.370. The summed E-state index contributed by atoms with van der Waals surface area (Å²) < 4.78 is 5.60. The number of aryl methyl sites for hydroxylation is 1. The second-order valence-corrected chi connectivity index (χ2v) is 11.2. The van der Waals surface area contributed by atoms with Gasteiger partial charge in [-0.15, -0.1) is 0 Å². The van der Waals surface area contributed by atoms with Crippen LogP contribution in [0.5, 0.6) is 5.75 Å². The Balaban J connectivity index is 1.99. The summed E-state index contributed by atoms with van der Waals surface area (Å²) in [7, 11) is 0. The van der Waals surface area contributed by atoms with Crippen LogP contribution in [0.3, 0.4) is 0 Å². The zero-order valence-corrected chi connectivity index (χ0v) is 20.7. The minimum absolute atomic E-state index is 0.00984. The molecule has 0 saturated carbocycles. The SMILES string of the molecule is CC(=O)Oc1cccc(/C=C2/SC(=O)NC2=O)c1-c1cc2c(cc1C)C(C)(C)CCC2(C)C. The van der Waals surface area contributed by atoms with Crippen molar-refractivity contribution in [3.05, 3.63) is 57.5 Å². The summed E-state index contributed by atoms with van der Waals surface area (Å²) in [6.07, 6.45) is 3.89. The Kier molecular flexibility index (Phi) is 5.77. The number of esters is 1. The average molecular weight is 464 g/mol. The molecule has 0 radical (unpaired) electrons. The van der Waals surface area contributed by atoms with Crippen molar-refractivity contribution in [2.75, 3.05) is 0 Å². The number of carbonyl (C=O) groups excluding carboxylic acids is 3. The second-order valence-electron chi connectivity index (χ2n) is 10.1. The van der Waals surface area contributed by atoms with E-state index in [-0.39, 0.29) is 10.8 Å². The van der Waals surface area contributed by atoms with Gasteiger partial charge in [-0.1, -0.05) is 45.9 Å². The molecule has 5 nitrogen and oxygen atoms in total. The molecule has 1 heterocycles. The van der Waals surface area contributed by atoms with Gasteiger partial charge in [-0.25, -0.2) is 0 Å². The van der Waals surface area contributed by atoms with Gasteiger partial charge in [0.1, 0.15) is 5.75 Å². The molecule has 4 rings (SSSR count). The maximum absolute atomic E-state index is 12.2. The molecule has 2 amide bonds. The summed E-state index contributed by atoms with van der Waals surface area (Å²) in [4.78, 5) is 36.1. The van der Waals surface area contributed by atoms with E-state index in [1.807, 2.05) is 6.07 Å². The predicted molar refractivity (Wildman–Crippen MR) is 132 cm³/mol. The molecule has 172 valence electrons. The highest BCUT2D eigenvalue weighted by Crippen LogP contribution is 2.49. The first kappa shape index (κ1) is 23.3. The number of imide groups is 1. The maximum atomic E-state index is 12.2. The van der Waals surface area contributed by atoms with Gasteiger partial charge in [0.05, 0.1) is 4.91 Å². The summed E-state index contributed by atoms with van der Waals surface area (Å²) in [5, 5.41) is 1.91. The Labute approximate surface area is 199 Å². The monoisotopic (exact) mass is 463 g/mol. The quantitative estimate of drug-likeness (QED) is 0.330. The van der Waals surface area contributed by atoms with E-state index >= 15 is 0 Å². The average Bonchev–Trinajstić information content (AvgIpc) is 3.02. The Morgan fingerprint density at radius 2 is 1.70 bits per heavy atom. The lowest BCUT2D eigenvalue weighted by Gasteiger charge is -2.42. The first-order valence-electron chi connectivity index (χ1n) is 11.1. The van der Waals surface area contributed by atoms with Crippen LogP contribution in [0.4, 0.5) is 4.79 Å². The van der Waals surface area contributed by atoms with E-state index in [1.165, 1.54) is 18.1 Å². The number of amides is 2. The molecule has 1 fully saturated rings. The molecule has 1 saturated heterocycles. The first-order valence-corrected chi connectivity index (χ1v) is 11.9. The highest BCUT2D eigenvalue weighted by Gasteiger charge is 2.38. The normalized spacial score (nSPS) is 19.9. The van der Waals surface area contributed by atoms with E-state index in [9.17, 15) is 14.4 Å². The summed E-state index contributed by atoms with van der Waals surface area (Å²) in [6.45, 7) is 12.6. The molecule has 2 aromatic carbocycles. The lowest BCUT2D eigenvalue weighted by molar-refractivity contribution is -0.131. The molecule has 0 spiro atoms. The molecular formula is C27H29NO4S. The number of fused-ring (bicyclic) bond motifs is 1. The Morgan fingerprint density at radius 3 is 2.27 bits per heavy atom. The van der Waals surface area contributed by atoms with Crippen molar-refractivity contribution < 1.29 is 19.1 Å². The third-order valence-corrected chi connectivity index (χ3v) is 7.52. The van der Waals surface area contributed by atoms with Crippen LogP contribution in [0.25, 0.3) is 17.2 Å². The van der Waals surface area contributed by atoms with Gasteiger partial charge in [0.2, 0.25) is 0 Å². The van der Waals surface area contributed by atoms with Crippen molar-refractivity contribution in [3.8, 4) is 16.9 Å². The number of hydrogen-bond donors (Lipinski definition) is 1. The molecule has 0 bridgehead atoms. The molecule has 1 aliphatic carbocycles. The van der Waals surface area contributed by atoms with E-state index in [1.54, 1.807) is 18.2 Å². The Bertz CT molecular complexity index is 1220. The highest BCUT2D eigenvalue weighted by molar-refractivity contribution is 8.18. The standard InChI is InChI=1S/C27H29NO4S/c1-15-12-19-20(27(5,6)11-10-26(19,3)4)14-18(15)23-17(8-7-9-21(23)32-16(2)29)13-22-24(30)28-25(31)33-22/h7-9,12-14H,10-11H2,1-6H3,(H,28,30,31)/b22-13+. The number of ether oxygens (including phenoxy) is 1. The zero-order chi connectivity index (χ0) is 24.1. The van der Waals surface area contributed by atoms with Crippen LogP contribution < -0.4 is 10.1 Å². The molecule has 0 aromatic heterocycles. The predicted octanol–water partition coefficient (Wildman–Crippen LogP) is 6.26. The molecule has 6 heteroatoms. The van der Waals surface area contributed by atoms with Crippen molar-refractivity contribution >= 4 is 35.0 Å². The summed E-state index contributed by atoms with van der Waals surface area (Å²) in [5.41, 5.74) is 6.21. The molecule has 0 atom stereocenters. The van der Waals surface area contributed by atoms with Gasteiger partial charge in [0.15, 0.2) is 0 Å². The molecule has 1 aliphatic heterocycles. The van der Waals surface area contributed by atoms with E-state index in [0.29, 0.717) is 10.7 Å². The Morgan fingerprint density at radius 1 is 1.06 bits per heavy atom. The van der Waals surface area contributed by atoms with Gasteiger partial charge in [0.25, 0.3) is 11.1 Å². The van der Waals surface area contributed by atoms with Crippen molar-refractivity contribution in [2.24, 2.45) is 0 Å². The van der Waals surface area contributed by atoms with Crippen molar-refractivity contribution in [1.29, 1.82) is 0 Å². The number of rotatable bonds is 3. The molecule has 2 aliphatic rings. The lowest BCUT2D eigenvalue weighted by atomic mass is 9.62. The van der Waals surface area contributed by atoms with Gasteiger partial charge in [-0.3, -0.25) is 19.7 Å². The van der Waals surface area contributed by atoms with Crippen LogP contribution >= 0.6 is 11.8 Å². The molecule has 33 heavy (non-hydrogen) atoms. The topological polar surface area (TPSA) is 72.5 Å². The molecule has 0 unspecified atom stereocenters. The van der Waals surface area contributed by atoms with Gasteiger partial charge in [-0.2, -0.15) is 0 Å². The van der Waals surface area contributed by atoms with E-state index in [2.05, 4.69) is 52.1 Å². The van der Waals surface area contributed by atoms with Crippen LogP contribution in [-0.4, -0.2) is 17.1 Å². The van der Waals surface area contributed by atoms with Gasteiger partial charge < -0.3 is 4.74 Å². The minimum atomic E-state index is -0.418. The number of carbonyl (C=O) groups is 3. The summed E-state index contributed by atoms with van der Waals surface area (Å²) in [6, 6.07) is 9.91. The van der Waals surface area contributed by atoms with Crippen LogP contribution in [0.2, 0.25) is 0 Å². The van der Waals surface area contributed by atoms with E-state index in [4.69, 9.17) is 4.74 Å². The summed E-state index contributed by atoms with van der Waals surface area (Å²) in [5.74, 6) is -0.400. The van der Waals surface area contributed by atoms with Crippen LogP contribution in [0, 0.1) is 6.92 Å². The van der Waals surface area contributed by atoms with Gasteiger partial charge >= 0.3 is 5.97 Å². The van der Waals surface area contributed by atoms with Gasteiger partial charge in [0, 0.05) is 12.5 Å².